The van der Waals surface area contributed by atoms with Crippen LogP contribution in [-0.2, 0) is 47.1 Å². The Bertz CT molecular complexity index is 1940. The molecule has 4 heterocycles. The van der Waals surface area contributed by atoms with E-state index in [1.165, 1.54) is 0 Å². The number of hydrogen-bond donors (Lipinski definition) is 4. The lowest BCUT2D eigenvalue weighted by Crippen LogP contribution is -2.25. The SMILES string of the molecule is C.CCc1ccc(C(O)COc2ccc(CC3SC(=O)NC3=O)cc2)nc1.CP=S.[2H]C1(Cc2ccc(OCC(O)c3ccc(CC)cn3)cc2)SC(=O)NC1=O. The average Bonchev–Trinajstić information content (AvgIpc) is 3.66. The van der Waals surface area contributed by atoms with Gasteiger partial charge in [0.2, 0.25) is 11.8 Å². The minimum absolute atomic E-state index is 0. The van der Waals surface area contributed by atoms with E-state index in [4.69, 9.17) is 10.8 Å². The van der Waals surface area contributed by atoms with Crippen LogP contribution in [0.3, 0.4) is 0 Å². The largest absolute Gasteiger partial charge is 0.490 e. The van der Waals surface area contributed by atoms with Crippen molar-refractivity contribution in [3.63, 3.8) is 0 Å². The number of hydrogen-bond acceptors (Lipinski definition) is 13. The molecule has 16 heteroatoms. The molecule has 6 rings (SSSR count). The van der Waals surface area contributed by atoms with Gasteiger partial charge in [-0.3, -0.25) is 39.8 Å². The molecule has 4 atom stereocenters. The van der Waals surface area contributed by atoms with E-state index in [1.807, 2.05) is 43.9 Å². The monoisotopic (exact) mass is 839 g/mol. The molecule has 298 valence electrons. The fraction of sp³-hybridized carbons (Fsp3) is 0.350. The normalized spacial score (nSPS) is 18.5. The number of ether oxygens (including phenoxy) is 2. The predicted octanol–water partition coefficient (Wildman–Crippen LogP) is 6.96. The highest BCUT2D eigenvalue weighted by Gasteiger charge is 2.32. The maximum atomic E-state index is 11.7. The molecule has 4 amide bonds. The maximum absolute atomic E-state index is 11.7. The third-order valence-electron chi connectivity index (χ3n) is 8.09. The molecule has 0 aliphatic carbocycles. The van der Waals surface area contributed by atoms with Crippen molar-refractivity contribution in [1.82, 2.24) is 20.6 Å². The summed E-state index contributed by atoms with van der Waals surface area (Å²) in [4.78, 5) is 54.3. The molecule has 56 heavy (non-hydrogen) atoms. The first kappa shape index (κ1) is 44.5. The summed E-state index contributed by atoms with van der Waals surface area (Å²) < 4.78 is 19.3. The van der Waals surface area contributed by atoms with Crippen molar-refractivity contribution in [1.29, 1.82) is 0 Å². The number of rotatable bonds is 14. The minimum Gasteiger partial charge on any atom is -0.490 e. The van der Waals surface area contributed by atoms with Crippen molar-refractivity contribution < 1.29 is 40.2 Å². The second-order valence-electron chi connectivity index (χ2n) is 12.0. The number of pyridine rings is 2. The molecular weight excluding hydrogens is 792 g/mol. The van der Waals surface area contributed by atoms with Gasteiger partial charge in [0.15, 0.2) is 0 Å². The zero-order valence-corrected chi connectivity index (χ0v) is 33.8. The second-order valence-corrected chi connectivity index (χ2v) is 15.7. The van der Waals surface area contributed by atoms with E-state index in [1.54, 1.807) is 54.9 Å². The van der Waals surface area contributed by atoms with Crippen LogP contribution in [-0.4, -0.2) is 72.8 Å². The molecule has 0 saturated carbocycles. The molecular formula is C40H47N4O8PS3. The number of imide groups is 2. The average molecular weight is 840 g/mol. The van der Waals surface area contributed by atoms with Gasteiger partial charge in [0.05, 0.1) is 23.2 Å². The summed E-state index contributed by atoms with van der Waals surface area (Å²) in [5.41, 5.74) is 5.03. The maximum Gasteiger partial charge on any atom is 0.286 e. The first-order valence-electron chi connectivity index (χ1n) is 17.8. The highest BCUT2D eigenvalue weighted by atomic mass is 32.4. The van der Waals surface area contributed by atoms with Crippen LogP contribution >= 0.6 is 30.9 Å². The van der Waals surface area contributed by atoms with E-state index in [9.17, 15) is 29.4 Å². The Labute approximate surface area is 344 Å². The molecule has 2 aliphatic heterocycles. The van der Waals surface area contributed by atoms with Gasteiger partial charge in [-0.15, -0.1) is 0 Å². The topological polar surface area (TPSA) is 177 Å². The lowest BCUT2D eigenvalue weighted by Gasteiger charge is -2.13. The summed E-state index contributed by atoms with van der Waals surface area (Å²) in [6, 6.07) is 21.6. The fourth-order valence-corrected chi connectivity index (χ4v) is 6.63. The van der Waals surface area contributed by atoms with Gasteiger partial charge in [-0.1, -0.05) is 93.0 Å². The summed E-state index contributed by atoms with van der Waals surface area (Å²) >= 11 is 6.07. The number of aliphatic hydroxyl groups excluding tert-OH is 2. The number of carbonyl (C=O) groups is 4. The van der Waals surface area contributed by atoms with Gasteiger partial charge in [-0.05, 0) is 98.4 Å². The van der Waals surface area contributed by atoms with Gasteiger partial charge in [0.1, 0.15) is 36.9 Å². The Morgan fingerprint density at radius 2 is 1.12 bits per heavy atom. The van der Waals surface area contributed by atoms with E-state index in [2.05, 4.69) is 39.3 Å². The summed E-state index contributed by atoms with van der Waals surface area (Å²) in [6.07, 6.45) is 4.26. The van der Waals surface area contributed by atoms with Gasteiger partial charge in [0.25, 0.3) is 10.5 Å². The van der Waals surface area contributed by atoms with Crippen molar-refractivity contribution in [3.05, 3.63) is 119 Å². The predicted molar refractivity (Wildman–Crippen MR) is 225 cm³/mol. The Morgan fingerprint density at radius 1 is 0.714 bits per heavy atom. The number of nitrogens with one attached hydrogen (secondary N) is 2. The Morgan fingerprint density at radius 3 is 1.48 bits per heavy atom. The third kappa shape index (κ3) is 14.7. The van der Waals surface area contributed by atoms with Gasteiger partial charge in [-0.2, -0.15) is 0 Å². The standard InChI is InChI=1S/2C19H20N2O4S.CH3PS.CH4/c2*1-2-12-5-8-15(20-10-12)16(22)11-25-14-6-3-13(4-7-14)9-17-18(23)21-19(24)26-17;1-2-3;/h2*3-8,10,16-17,22H,2,9,11H2,1H3,(H,21,23,24);1H3;1H4/i17D;;;. The van der Waals surface area contributed by atoms with E-state index < -0.39 is 28.6 Å². The summed E-state index contributed by atoms with van der Waals surface area (Å²) in [5.74, 6) is 0.340. The van der Waals surface area contributed by atoms with E-state index >= 15 is 0 Å². The van der Waals surface area contributed by atoms with Crippen LogP contribution in [0, 0.1) is 0 Å². The zero-order chi connectivity index (χ0) is 40.7. The van der Waals surface area contributed by atoms with Crippen LogP contribution in [0.4, 0.5) is 9.59 Å². The van der Waals surface area contributed by atoms with Gasteiger partial charge in [-0.25, -0.2) is 0 Å². The van der Waals surface area contributed by atoms with Crippen LogP contribution in [0.15, 0.2) is 85.2 Å². The van der Waals surface area contributed by atoms with Crippen LogP contribution in [0.2, 0.25) is 0 Å². The second kappa shape index (κ2) is 23.7. The molecule has 4 unspecified atom stereocenters. The van der Waals surface area contributed by atoms with Crippen LogP contribution in [0.5, 0.6) is 11.5 Å². The minimum atomic E-state index is -1.54. The number of aryl methyl sites for hydroxylation is 2. The van der Waals surface area contributed by atoms with E-state index in [0.29, 0.717) is 41.1 Å². The van der Waals surface area contributed by atoms with Gasteiger partial charge >= 0.3 is 0 Å². The first-order valence-corrected chi connectivity index (χ1v) is 21.4. The molecule has 2 aromatic carbocycles. The highest BCUT2D eigenvalue weighted by Crippen LogP contribution is 2.26. The fourth-order valence-electron chi connectivity index (χ4n) is 5.02. The summed E-state index contributed by atoms with van der Waals surface area (Å²) in [7, 11) is 1.00. The first-order chi connectivity index (χ1) is 26.9. The molecule has 12 nitrogen and oxygen atoms in total. The molecule has 2 fully saturated rings. The zero-order valence-electron chi connectivity index (χ0n) is 31.5. The van der Waals surface area contributed by atoms with E-state index in [-0.39, 0.29) is 43.5 Å². The van der Waals surface area contributed by atoms with Crippen molar-refractivity contribution in [2.45, 2.75) is 69.6 Å². The number of nitrogens with zero attached hydrogens (tertiary/aromatic N) is 2. The van der Waals surface area contributed by atoms with Crippen LogP contribution in [0.25, 0.3) is 0 Å². The number of benzene rings is 2. The Hall–Kier alpha value is -4.24. The van der Waals surface area contributed by atoms with Crippen molar-refractivity contribution in [2.24, 2.45) is 0 Å². The summed E-state index contributed by atoms with van der Waals surface area (Å²) in [6.45, 7) is 6.17. The molecule has 2 saturated heterocycles. The van der Waals surface area contributed by atoms with Crippen molar-refractivity contribution >= 4 is 65.0 Å². The number of thioether (sulfide) groups is 2. The number of carbonyl (C=O) groups excluding carboxylic acids is 4. The quantitative estimate of drug-likeness (QED) is 0.0960. The van der Waals surface area contributed by atoms with Gasteiger partial charge in [0, 0.05) is 12.4 Å². The number of amides is 4. The molecule has 2 aliphatic rings. The molecule has 0 radical (unpaired) electrons. The summed E-state index contributed by atoms with van der Waals surface area (Å²) in [5, 5.41) is 22.1. The van der Waals surface area contributed by atoms with Crippen LogP contribution in [0.1, 0.15) is 68.5 Å². The van der Waals surface area contributed by atoms with Crippen LogP contribution < -0.4 is 20.1 Å². The van der Waals surface area contributed by atoms with Gasteiger partial charge < -0.3 is 19.7 Å². The molecule has 4 N–H and O–H groups in total. The number of aromatic nitrogens is 2. The smallest absolute Gasteiger partial charge is 0.286 e. The lowest BCUT2D eigenvalue weighted by atomic mass is 10.1. The Balaban J connectivity index is 0.000000281. The van der Waals surface area contributed by atoms with E-state index in [0.717, 1.165) is 54.2 Å². The van der Waals surface area contributed by atoms with Crippen molar-refractivity contribution in [3.8, 4) is 11.5 Å². The molecule has 0 bridgehead atoms. The third-order valence-corrected chi connectivity index (χ3v) is 9.94. The molecule has 4 aromatic rings. The highest BCUT2D eigenvalue weighted by molar-refractivity contribution is 8.15. The Kier molecular flexibility index (Phi) is 18.9. The number of aliphatic hydroxyl groups is 2. The molecule has 2 aromatic heterocycles. The molecule has 0 spiro atoms. The lowest BCUT2D eigenvalue weighted by molar-refractivity contribution is -0.119. The van der Waals surface area contributed by atoms with Crippen molar-refractivity contribution in [2.75, 3.05) is 19.9 Å².